The molecule has 3 aromatic carbocycles. The van der Waals surface area contributed by atoms with Crippen molar-refractivity contribution in [1.29, 1.82) is 0 Å². The molecular formula is C38H38N2O6. The highest BCUT2D eigenvalue weighted by Crippen LogP contribution is 2.41. The highest BCUT2D eigenvalue weighted by molar-refractivity contribution is 5.76. The van der Waals surface area contributed by atoms with E-state index in [-0.39, 0.29) is 24.4 Å². The van der Waals surface area contributed by atoms with Crippen molar-refractivity contribution in [3.63, 3.8) is 0 Å². The smallest absolute Gasteiger partial charge is 0.220 e. The molecule has 0 fully saturated rings. The van der Waals surface area contributed by atoms with Crippen LogP contribution in [0.2, 0.25) is 0 Å². The van der Waals surface area contributed by atoms with Crippen LogP contribution in [0, 0.1) is 0 Å². The van der Waals surface area contributed by atoms with Gasteiger partial charge in [-0.2, -0.15) is 0 Å². The second kappa shape index (κ2) is 12.3. The molecule has 4 heterocycles. The largest absolute Gasteiger partial charge is 0.504 e. The molecule has 3 N–H and O–H groups in total. The Labute approximate surface area is 268 Å². The molecule has 0 saturated carbocycles. The molecule has 46 heavy (non-hydrogen) atoms. The molecule has 3 aromatic rings. The van der Waals surface area contributed by atoms with Crippen LogP contribution in [0.1, 0.15) is 45.0 Å². The molecule has 0 spiro atoms. The van der Waals surface area contributed by atoms with Crippen molar-refractivity contribution in [3.8, 4) is 39.6 Å². The van der Waals surface area contributed by atoms with Gasteiger partial charge in [0.1, 0.15) is 0 Å². The summed E-state index contributed by atoms with van der Waals surface area (Å²) in [5, 5.41) is 28.7. The third kappa shape index (κ3) is 5.42. The van der Waals surface area contributed by atoms with Gasteiger partial charge in [-0.15, -0.1) is 0 Å². The summed E-state index contributed by atoms with van der Waals surface area (Å²) in [5.74, 6) is 1.14. The fourth-order valence-electron chi connectivity index (χ4n) is 7.24. The van der Waals surface area contributed by atoms with E-state index in [9.17, 15) is 20.1 Å². The number of aliphatic hydroxyl groups is 2. The normalized spacial score (nSPS) is 16.2. The second-order valence-corrected chi connectivity index (χ2v) is 12.3. The average Bonchev–Trinajstić information content (AvgIpc) is 3.09. The Morgan fingerprint density at radius 1 is 0.761 bits per heavy atom. The number of fused-ring (bicyclic) bond motifs is 8. The van der Waals surface area contributed by atoms with Crippen molar-refractivity contribution in [2.75, 3.05) is 20.8 Å². The molecule has 8 heteroatoms. The average molecular weight is 619 g/mol. The number of aliphatic hydroxyl groups excluding tert-OH is 2. The molecule has 4 aliphatic heterocycles. The van der Waals surface area contributed by atoms with Crippen LogP contribution >= 0.6 is 0 Å². The SMILES string of the molecule is COc1cc2c(cc1O)CC1c3ccc(CO)cc3CCN1C2.COc1cc2cn3c(cc-2cc1=O)-c1ccc(CO)cc1CC3. The van der Waals surface area contributed by atoms with E-state index in [4.69, 9.17) is 9.47 Å². The fraction of sp³-hybridized carbons (Fsp3) is 0.289. The van der Waals surface area contributed by atoms with Crippen molar-refractivity contribution in [2.45, 2.75) is 51.6 Å². The molecule has 8 rings (SSSR count). The lowest BCUT2D eigenvalue weighted by molar-refractivity contribution is 0.160. The lowest BCUT2D eigenvalue weighted by Gasteiger charge is -2.41. The zero-order valence-corrected chi connectivity index (χ0v) is 26.1. The van der Waals surface area contributed by atoms with Crippen LogP contribution in [-0.2, 0) is 45.6 Å². The summed E-state index contributed by atoms with van der Waals surface area (Å²) in [7, 11) is 3.10. The summed E-state index contributed by atoms with van der Waals surface area (Å²) < 4.78 is 12.6. The first-order valence-corrected chi connectivity index (χ1v) is 15.7. The summed E-state index contributed by atoms with van der Waals surface area (Å²) in [4.78, 5) is 14.5. The monoisotopic (exact) mass is 618 g/mol. The topological polar surface area (TPSA) is 104 Å². The number of hydrogen-bond donors (Lipinski definition) is 3. The molecule has 236 valence electrons. The molecule has 0 saturated heterocycles. The number of phenolic OH excluding ortho intramolecular Hbond substituents is 1. The van der Waals surface area contributed by atoms with Crippen LogP contribution in [0.4, 0.5) is 0 Å². The number of hydrogen-bond acceptors (Lipinski definition) is 7. The lowest BCUT2D eigenvalue weighted by Crippen LogP contribution is -2.39. The van der Waals surface area contributed by atoms with E-state index in [1.165, 1.54) is 40.5 Å². The minimum absolute atomic E-state index is 0.0599. The van der Waals surface area contributed by atoms with Crippen LogP contribution in [0.25, 0.3) is 22.4 Å². The van der Waals surface area contributed by atoms with Gasteiger partial charge in [0.15, 0.2) is 17.2 Å². The van der Waals surface area contributed by atoms with Gasteiger partial charge in [-0.3, -0.25) is 9.69 Å². The summed E-state index contributed by atoms with van der Waals surface area (Å²) in [6.07, 6.45) is 4.93. The van der Waals surface area contributed by atoms with Crippen molar-refractivity contribution >= 4 is 0 Å². The molecule has 1 unspecified atom stereocenters. The van der Waals surface area contributed by atoms with Crippen LogP contribution in [0.5, 0.6) is 17.2 Å². The van der Waals surface area contributed by atoms with Gasteiger partial charge in [-0.05, 0) is 94.1 Å². The van der Waals surface area contributed by atoms with E-state index in [2.05, 4.69) is 46.0 Å². The summed E-state index contributed by atoms with van der Waals surface area (Å²) in [5.41, 5.74) is 12.4. The van der Waals surface area contributed by atoms with Crippen LogP contribution in [-0.4, -0.2) is 45.6 Å². The van der Waals surface area contributed by atoms with Crippen molar-refractivity contribution in [2.24, 2.45) is 0 Å². The summed E-state index contributed by atoms with van der Waals surface area (Å²) >= 11 is 0. The molecule has 8 nitrogen and oxygen atoms in total. The minimum Gasteiger partial charge on any atom is -0.504 e. The number of benzene rings is 4. The Balaban J connectivity index is 0.000000147. The number of methoxy groups -OCH3 is 2. The zero-order valence-electron chi connectivity index (χ0n) is 26.1. The standard InChI is InChI=1S/C19H21NO3.C19H17NO3/c2*1-23-19-9-15-10-20-5-4-13-6-12(11-21)2-3-16(13)17(20)7-14(15)8-18(19)22/h2-3,6,8-9,17,21-22H,4-5,7,10-11H2,1H3;2-3,6-10,21H,4-5,11H2,1H3. The van der Waals surface area contributed by atoms with Crippen molar-refractivity contribution in [1.82, 2.24) is 9.47 Å². The Bertz CT molecular complexity index is 1960. The Hall–Kier alpha value is -4.63. The van der Waals surface area contributed by atoms with E-state index in [1.807, 2.05) is 24.3 Å². The van der Waals surface area contributed by atoms with Gasteiger partial charge >= 0.3 is 0 Å². The predicted molar refractivity (Wildman–Crippen MR) is 177 cm³/mol. The quantitative estimate of drug-likeness (QED) is 0.254. The molecule has 0 aromatic heterocycles. The zero-order chi connectivity index (χ0) is 31.9. The number of aromatic hydroxyl groups is 1. The number of phenols is 1. The molecule has 0 amide bonds. The van der Waals surface area contributed by atoms with Gasteiger partial charge in [0, 0.05) is 48.7 Å². The minimum atomic E-state index is -0.100. The number of nitrogens with zero attached hydrogens (tertiary/aromatic N) is 2. The molecule has 5 aliphatic rings. The lowest BCUT2D eigenvalue weighted by atomic mass is 9.83. The van der Waals surface area contributed by atoms with Crippen LogP contribution in [0.3, 0.4) is 0 Å². The Morgan fingerprint density at radius 3 is 2.26 bits per heavy atom. The second-order valence-electron chi connectivity index (χ2n) is 12.3. The number of pyridine rings is 1. The van der Waals surface area contributed by atoms with Gasteiger partial charge in [0.2, 0.25) is 5.43 Å². The van der Waals surface area contributed by atoms with Crippen molar-refractivity contribution < 1.29 is 24.8 Å². The van der Waals surface area contributed by atoms with E-state index in [0.717, 1.165) is 66.8 Å². The van der Waals surface area contributed by atoms with Gasteiger partial charge in [-0.1, -0.05) is 36.4 Å². The highest BCUT2D eigenvalue weighted by atomic mass is 16.5. The number of aryl methyl sites for hydroxylation is 2. The molecule has 1 atom stereocenters. The molecule has 0 radical (unpaired) electrons. The Kier molecular flexibility index (Phi) is 8.02. The van der Waals surface area contributed by atoms with E-state index < -0.39 is 0 Å². The molecule has 1 aliphatic carbocycles. The fourth-order valence-corrected chi connectivity index (χ4v) is 7.24. The van der Waals surface area contributed by atoms with E-state index in [1.54, 1.807) is 19.2 Å². The summed E-state index contributed by atoms with van der Waals surface area (Å²) in [6, 6.07) is 22.0. The van der Waals surface area contributed by atoms with Gasteiger partial charge < -0.3 is 29.4 Å². The predicted octanol–water partition coefficient (Wildman–Crippen LogP) is 5.23. The van der Waals surface area contributed by atoms with Gasteiger partial charge in [-0.25, -0.2) is 0 Å². The first-order valence-electron chi connectivity index (χ1n) is 15.7. The van der Waals surface area contributed by atoms with Crippen LogP contribution < -0.4 is 14.9 Å². The molecule has 0 bridgehead atoms. The van der Waals surface area contributed by atoms with E-state index in [0.29, 0.717) is 17.5 Å². The third-order valence-electron chi connectivity index (χ3n) is 9.66. The third-order valence-corrected chi connectivity index (χ3v) is 9.66. The number of rotatable bonds is 4. The maximum atomic E-state index is 12.0. The van der Waals surface area contributed by atoms with E-state index >= 15 is 0 Å². The van der Waals surface area contributed by atoms with Crippen molar-refractivity contribution in [3.05, 3.63) is 122 Å². The number of ether oxygens (including phenoxy) is 2. The first kappa shape index (κ1) is 30.0. The highest BCUT2D eigenvalue weighted by Gasteiger charge is 2.32. The van der Waals surface area contributed by atoms with Crippen LogP contribution in [0.15, 0.2) is 77.7 Å². The molecular weight excluding hydrogens is 580 g/mol. The summed E-state index contributed by atoms with van der Waals surface area (Å²) in [6.45, 7) is 2.95. The first-order chi connectivity index (χ1) is 22.4. The number of aromatic nitrogens is 1. The van der Waals surface area contributed by atoms with Gasteiger partial charge in [0.05, 0.1) is 27.4 Å². The van der Waals surface area contributed by atoms with Gasteiger partial charge in [0.25, 0.3) is 0 Å². The maximum Gasteiger partial charge on any atom is 0.220 e. The maximum absolute atomic E-state index is 12.0. The Morgan fingerprint density at radius 2 is 1.50 bits per heavy atom.